The molecular formula is C12H8N2. The molecule has 0 bridgehead atoms. The van der Waals surface area contributed by atoms with Gasteiger partial charge in [0.1, 0.15) is 0 Å². The summed E-state index contributed by atoms with van der Waals surface area (Å²) in [6, 6.07) is 20.5. The van der Waals surface area contributed by atoms with Crippen molar-refractivity contribution in [2.75, 3.05) is 0 Å². The molecule has 0 N–H and O–H groups in total. The van der Waals surface area contributed by atoms with Crippen LogP contribution >= 0.6 is 0 Å². The lowest BCUT2D eigenvalue weighted by atomic mass is 10.3. The van der Waals surface area contributed by atoms with Gasteiger partial charge < -0.3 is 0 Å². The third-order valence-corrected chi connectivity index (χ3v) is 1.68. The number of hydrogen-bond donors (Lipinski definition) is 0. The van der Waals surface area contributed by atoms with Crippen molar-refractivity contribution in [1.82, 2.24) is 0 Å². The van der Waals surface area contributed by atoms with Crippen molar-refractivity contribution in [1.29, 1.82) is 0 Å². The summed E-state index contributed by atoms with van der Waals surface area (Å²) in [5.74, 6) is 0. The average molecular weight is 180 g/mol. The number of nitrogens with zero attached hydrogens (tertiary/aromatic N) is 2. The maximum absolute atomic E-state index is 4.07. The summed E-state index contributed by atoms with van der Waals surface area (Å²) in [5, 5.41) is 8.14. The van der Waals surface area contributed by atoms with Crippen LogP contribution in [0.5, 0.6) is 0 Å². The first-order chi connectivity index (χ1) is 6.95. The van der Waals surface area contributed by atoms with Gasteiger partial charge in [-0.3, -0.25) is 0 Å². The predicted octanol–water partition coefficient (Wildman–Crippen LogP) is 3.70. The monoisotopic (exact) mass is 180 g/mol. The molecule has 0 aliphatic rings. The van der Waals surface area contributed by atoms with Crippen LogP contribution in [0.25, 0.3) is 0 Å². The van der Waals surface area contributed by atoms with Gasteiger partial charge in [-0.15, -0.1) is 0 Å². The Kier molecular flexibility index (Phi) is 2.67. The Hall–Kier alpha value is -1.96. The molecule has 0 aromatic heterocycles. The molecular weight excluding hydrogens is 172 g/mol. The predicted molar refractivity (Wildman–Crippen MR) is 54.7 cm³/mol. The molecule has 0 aliphatic heterocycles. The fourth-order valence-electron chi connectivity index (χ4n) is 1.00. The van der Waals surface area contributed by atoms with E-state index in [-0.39, 0.29) is 0 Å². The molecule has 0 fully saturated rings. The third kappa shape index (κ3) is 2.26. The van der Waals surface area contributed by atoms with Crippen molar-refractivity contribution >= 4 is 11.4 Å². The molecule has 2 aromatic carbocycles. The number of hydrogen-bond acceptors (Lipinski definition) is 2. The van der Waals surface area contributed by atoms with E-state index in [2.05, 4.69) is 22.4 Å². The minimum atomic E-state index is 0.830. The second kappa shape index (κ2) is 4.33. The van der Waals surface area contributed by atoms with E-state index in [0.717, 1.165) is 11.4 Å². The number of rotatable bonds is 2. The Balaban J connectivity index is 2.16. The molecule has 2 aromatic rings. The van der Waals surface area contributed by atoms with Gasteiger partial charge in [0.2, 0.25) is 0 Å². The number of benzene rings is 2. The molecule has 0 saturated heterocycles. The van der Waals surface area contributed by atoms with E-state index in [1.54, 1.807) is 0 Å². The highest BCUT2D eigenvalue weighted by atomic mass is 15.1. The third-order valence-electron chi connectivity index (χ3n) is 1.68. The van der Waals surface area contributed by atoms with Gasteiger partial charge in [-0.25, -0.2) is 0 Å². The number of azo groups is 1. The van der Waals surface area contributed by atoms with Gasteiger partial charge in [-0.05, 0) is 36.4 Å². The molecule has 0 atom stereocenters. The Morgan fingerprint density at radius 1 is 0.643 bits per heavy atom. The van der Waals surface area contributed by atoms with Crippen LogP contribution in [0.3, 0.4) is 0 Å². The maximum Gasteiger partial charge on any atom is 0.0857 e. The zero-order valence-corrected chi connectivity index (χ0v) is 7.51. The van der Waals surface area contributed by atoms with Crippen LogP contribution in [0.15, 0.2) is 58.8 Å². The van der Waals surface area contributed by atoms with Crippen LogP contribution in [0, 0.1) is 12.1 Å². The van der Waals surface area contributed by atoms with Gasteiger partial charge in [0.25, 0.3) is 0 Å². The van der Waals surface area contributed by atoms with Crippen molar-refractivity contribution in [3.8, 4) is 0 Å². The summed E-state index contributed by atoms with van der Waals surface area (Å²) in [6.07, 6.45) is 0. The molecule has 14 heavy (non-hydrogen) atoms. The van der Waals surface area contributed by atoms with Gasteiger partial charge in [0.05, 0.1) is 11.4 Å². The summed E-state index contributed by atoms with van der Waals surface area (Å²) in [4.78, 5) is 0. The van der Waals surface area contributed by atoms with Crippen molar-refractivity contribution < 1.29 is 0 Å². The molecule has 0 aliphatic carbocycles. The second-order valence-electron chi connectivity index (χ2n) is 2.72. The molecule has 0 unspecified atom stereocenters. The Bertz CT molecular complexity index is 365. The van der Waals surface area contributed by atoms with Gasteiger partial charge in [-0.1, -0.05) is 24.3 Å². The normalized spacial score (nSPS) is 10.6. The fraction of sp³-hybridized carbons (Fsp3) is 0. The van der Waals surface area contributed by atoms with Gasteiger partial charge >= 0.3 is 0 Å². The Morgan fingerprint density at radius 2 is 1.00 bits per heavy atom. The van der Waals surface area contributed by atoms with Crippen LogP contribution in [0.4, 0.5) is 11.4 Å². The zero-order chi connectivity index (χ0) is 9.64. The molecule has 0 heterocycles. The SMILES string of the molecule is [c]1ccc(/N=N/c2cc[c]cc2)cc1. The molecule has 0 amide bonds. The molecule has 2 radical (unpaired) electrons. The maximum atomic E-state index is 4.07. The highest BCUT2D eigenvalue weighted by Crippen LogP contribution is 2.16. The lowest BCUT2D eigenvalue weighted by Crippen LogP contribution is -1.63. The van der Waals surface area contributed by atoms with E-state index in [4.69, 9.17) is 0 Å². The highest BCUT2D eigenvalue weighted by molar-refractivity contribution is 5.38. The Labute approximate surface area is 82.9 Å². The lowest BCUT2D eigenvalue weighted by molar-refractivity contribution is 1.23. The van der Waals surface area contributed by atoms with Crippen LogP contribution in [-0.2, 0) is 0 Å². The topological polar surface area (TPSA) is 24.7 Å². The molecule has 0 spiro atoms. The minimum absolute atomic E-state index is 0.830. The van der Waals surface area contributed by atoms with E-state index >= 15 is 0 Å². The first-order valence-electron chi connectivity index (χ1n) is 4.29. The smallest absolute Gasteiger partial charge is 0.0857 e. The minimum Gasteiger partial charge on any atom is -0.151 e. The van der Waals surface area contributed by atoms with Crippen LogP contribution in [0.2, 0.25) is 0 Å². The van der Waals surface area contributed by atoms with Crippen molar-refractivity contribution in [3.63, 3.8) is 0 Å². The summed E-state index contributed by atoms with van der Waals surface area (Å²) < 4.78 is 0. The van der Waals surface area contributed by atoms with Gasteiger partial charge in [-0.2, -0.15) is 10.2 Å². The van der Waals surface area contributed by atoms with Gasteiger partial charge in [0, 0.05) is 0 Å². The molecule has 2 nitrogen and oxygen atoms in total. The fourth-order valence-corrected chi connectivity index (χ4v) is 1.00. The molecule has 0 saturated carbocycles. The van der Waals surface area contributed by atoms with Crippen molar-refractivity contribution in [2.45, 2.75) is 0 Å². The van der Waals surface area contributed by atoms with Crippen molar-refractivity contribution in [3.05, 3.63) is 60.7 Å². The van der Waals surface area contributed by atoms with E-state index < -0.39 is 0 Å². The highest BCUT2D eigenvalue weighted by Gasteiger charge is 1.87. The first kappa shape index (κ1) is 8.63. The summed E-state index contributed by atoms with van der Waals surface area (Å²) in [7, 11) is 0. The quantitative estimate of drug-likeness (QED) is 0.629. The second-order valence-corrected chi connectivity index (χ2v) is 2.72. The summed E-state index contributed by atoms with van der Waals surface area (Å²) in [5.41, 5.74) is 1.66. The zero-order valence-electron chi connectivity index (χ0n) is 7.51. The largest absolute Gasteiger partial charge is 0.151 e. The van der Waals surface area contributed by atoms with Crippen LogP contribution in [-0.4, -0.2) is 0 Å². The van der Waals surface area contributed by atoms with Crippen molar-refractivity contribution in [2.24, 2.45) is 10.2 Å². The van der Waals surface area contributed by atoms with E-state index in [1.807, 2.05) is 48.5 Å². The molecule has 2 rings (SSSR count). The van der Waals surface area contributed by atoms with E-state index in [9.17, 15) is 0 Å². The lowest BCUT2D eigenvalue weighted by Gasteiger charge is -1.90. The van der Waals surface area contributed by atoms with E-state index in [0.29, 0.717) is 0 Å². The summed E-state index contributed by atoms with van der Waals surface area (Å²) in [6.45, 7) is 0. The standard InChI is InChI=1S/C12H8N2/c1-3-7-11(8-4-1)13-14-12-9-5-2-6-10-12/h3-10H/b14-13+. The molecule has 2 heteroatoms. The first-order valence-corrected chi connectivity index (χ1v) is 4.29. The summed E-state index contributed by atoms with van der Waals surface area (Å²) >= 11 is 0. The van der Waals surface area contributed by atoms with E-state index in [1.165, 1.54) is 0 Å². The Morgan fingerprint density at radius 3 is 1.36 bits per heavy atom. The van der Waals surface area contributed by atoms with Gasteiger partial charge in [0.15, 0.2) is 0 Å². The average Bonchev–Trinajstić information content (AvgIpc) is 2.29. The van der Waals surface area contributed by atoms with Crippen LogP contribution in [0.1, 0.15) is 0 Å². The molecule has 66 valence electrons. The van der Waals surface area contributed by atoms with Crippen LogP contribution < -0.4 is 0 Å².